The second kappa shape index (κ2) is 6.65. The van der Waals surface area contributed by atoms with Crippen LogP contribution in [0.1, 0.15) is 17.3 Å². The molecule has 0 aliphatic heterocycles. The normalized spacial score (nSPS) is 9.94. The average molecular weight is 258 g/mol. The number of amides is 2. The van der Waals surface area contributed by atoms with Crippen molar-refractivity contribution in [3.05, 3.63) is 35.4 Å². The van der Waals surface area contributed by atoms with Crippen molar-refractivity contribution in [2.24, 2.45) is 0 Å². The van der Waals surface area contributed by atoms with Gasteiger partial charge in [-0.15, -0.1) is 0 Å². The van der Waals surface area contributed by atoms with Gasteiger partial charge in [0, 0.05) is 5.56 Å². The van der Waals surface area contributed by atoms with Gasteiger partial charge in [0.05, 0.1) is 13.2 Å². The summed E-state index contributed by atoms with van der Waals surface area (Å²) in [5, 5.41) is 2.23. The third-order valence-electron chi connectivity index (χ3n) is 1.92. The largest absolute Gasteiger partial charge is 0.343 e. The quantitative estimate of drug-likeness (QED) is 0.766. The van der Waals surface area contributed by atoms with Crippen LogP contribution in [0.3, 0.4) is 0 Å². The van der Waals surface area contributed by atoms with E-state index < -0.39 is 23.4 Å². The zero-order valence-electron chi connectivity index (χ0n) is 9.63. The molecule has 2 N–H and O–H groups in total. The molecule has 0 atom stereocenters. The highest BCUT2D eigenvalue weighted by Gasteiger charge is 2.10. The van der Waals surface area contributed by atoms with Gasteiger partial charge < -0.3 is 5.32 Å². The fourth-order valence-corrected chi connectivity index (χ4v) is 1.09. The Balaban J connectivity index is 2.50. The molecule has 1 rings (SSSR count). The Kier molecular flexibility index (Phi) is 5.19. The number of hydroxylamine groups is 1. The Hall–Kier alpha value is -2.02. The van der Waals surface area contributed by atoms with Gasteiger partial charge in [-0.3, -0.25) is 14.4 Å². The lowest BCUT2D eigenvalue weighted by atomic mass is 10.2. The Labute approximate surface area is 102 Å². The van der Waals surface area contributed by atoms with Gasteiger partial charge in [0.2, 0.25) is 0 Å². The van der Waals surface area contributed by atoms with Gasteiger partial charge in [0.25, 0.3) is 11.8 Å². The van der Waals surface area contributed by atoms with Crippen molar-refractivity contribution in [1.82, 2.24) is 10.8 Å². The minimum atomic E-state index is -1.12. The Morgan fingerprint density at radius 1 is 1.28 bits per heavy atom. The van der Waals surface area contributed by atoms with E-state index in [1.807, 2.05) is 0 Å². The lowest BCUT2D eigenvalue weighted by Crippen LogP contribution is -2.36. The first-order chi connectivity index (χ1) is 8.54. The van der Waals surface area contributed by atoms with Crippen molar-refractivity contribution < 1.29 is 23.2 Å². The second-order valence-corrected chi connectivity index (χ2v) is 3.27. The van der Waals surface area contributed by atoms with E-state index >= 15 is 0 Å². The maximum atomic E-state index is 12.9. The molecule has 0 saturated carbocycles. The molecule has 5 nitrogen and oxygen atoms in total. The van der Waals surface area contributed by atoms with Crippen molar-refractivity contribution >= 4 is 11.8 Å². The average Bonchev–Trinajstić information content (AvgIpc) is 2.36. The van der Waals surface area contributed by atoms with Gasteiger partial charge >= 0.3 is 0 Å². The van der Waals surface area contributed by atoms with Crippen LogP contribution in [0.2, 0.25) is 0 Å². The molecule has 0 unspecified atom stereocenters. The van der Waals surface area contributed by atoms with E-state index in [0.29, 0.717) is 6.61 Å². The number of carbonyl (C=O) groups is 2. The molecule has 0 aromatic heterocycles. The van der Waals surface area contributed by atoms with Gasteiger partial charge in [0.1, 0.15) is 0 Å². The molecule has 0 aliphatic carbocycles. The molecule has 1 aromatic rings. The van der Waals surface area contributed by atoms with E-state index in [9.17, 15) is 18.4 Å². The Morgan fingerprint density at radius 2 is 2.00 bits per heavy atom. The lowest BCUT2D eigenvalue weighted by Gasteiger charge is -2.06. The first-order valence-corrected chi connectivity index (χ1v) is 5.18. The van der Waals surface area contributed by atoms with E-state index in [0.717, 1.165) is 18.2 Å². The van der Waals surface area contributed by atoms with Crippen LogP contribution in [0.25, 0.3) is 0 Å². The van der Waals surface area contributed by atoms with Gasteiger partial charge in [-0.2, -0.15) is 0 Å². The molecule has 1 aromatic carbocycles. The maximum Gasteiger partial charge on any atom is 0.262 e. The van der Waals surface area contributed by atoms with Crippen LogP contribution >= 0.6 is 0 Å². The third-order valence-corrected chi connectivity index (χ3v) is 1.92. The first kappa shape index (κ1) is 14.0. The number of halogens is 2. The molecule has 18 heavy (non-hydrogen) atoms. The van der Waals surface area contributed by atoms with Gasteiger partial charge in [-0.1, -0.05) is 0 Å². The van der Waals surface area contributed by atoms with Crippen molar-refractivity contribution in [1.29, 1.82) is 0 Å². The summed E-state index contributed by atoms with van der Waals surface area (Å²) in [6, 6.07) is 2.71. The maximum absolute atomic E-state index is 12.9. The SMILES string of the molecule is CCONC(=O)CNC(=O)c1ccc(F)c(F)c1. The highest BCUT2D eigenvalue weighted by Crippen LogP contribution is 2.08. The first-order valence-electron chi connectivity index (χ1n) is 5.18. The summed E-state index contributed by atoms with van der Waals surface area (Å²) in [7, 11) is 0. The highest BCUT2D eigenvalue weighted by molar-refractivity contribution is 5.96. The zero-order chi connectivity index (χ0) is 13.5. The fraction of sp³-hybridized carbons (Fsp3) is 0.273. The number of hydrogen-bond donors (Lipinski definition) is 2. The standard InChI is InChI=1S/C11H12F2N2O3/c1-2-18-15-10(16)6-14-11(17)7-3-4-8(12)9(13)5-7/h3-5H,2,6H2,1H3,(H,14,17)(H,15,16). The Morgan fingerprint density at radius 3 is 2.61 bits per heavy atom. The number of nitrogens with one attached hydrogen (secondary N) is 2. The minimum absolute atomic E-state index is 0.0712. The molecule has 2 amide bonds. The molecular formula is C11H12F2N2O3. The number of benzene rings is 1. The van der Waals surface area contributed by atoms with E-state index in [1.54, 1.807) is 6.92 Å². The molecular weight excluding hydrogens is 246 g/mol. The van der Waals surface area contributed by atoms with Crippen LogP contribution in [0.15, 0.2) is 18.2 Å². The van der Waals surface area contributed by atoms with Crippen molar-refractivity contribution in [2.75, 3.05) is 13.2 Å². The summed E-state index contributed by atoms with van der Waals surface area (Å²) < 4.78 is 25.5. The smallest absolute Gasteiger partial charge is 0.262 e. The monoisotopic (exact) mass is 258 g/mol. The van der Waals surface area contributed by atoms with Crippen LogP contribution in [0.5, 0.6) is 0 Å². The van der Waals surface area contributed by atoms with E-state index in [4.69, 9.17) is 0 Å². The van der Waals surface area contributed by atoms with Crippen LogP contribution < -0.4 is 10.8 Å². The van der Waals surface area contributed by atoms with E-state index in [2.05, 4.69) is 15.6 Å². The molecule has 0 heterocycles. The molecule has 0 saturated heterocycles. The molecule has 0 aliphatic rings. The van der Waals surface area contributed by atoms with Gasteiger partial charge in [0.15, 0.2) is 11.6 Å². The molecule has 0 bridgehead atoms. The van der Waals surface area contributed by atoms with Crippen molar-refractivity contribution in [2.45, 2.75) is 6.92 Å². The third kappa shape index (κ3) is 4.10. The van der Waals surface area contributed by atoms with Crippen molar-refractivity contribution in [3.8, 4) is 0 Å². The van der Waals surface area contributed by atoms with Crippen LogP contribution in [0, 0.1) is 11.6 Å². The summed E-state index contributed by atoms with van der Waals surface area (Å²) in [4.78, 5) is 27.1. The predicted molar refractivity (Wildman–Crippen MR) is 58.5 cm³/mol. The number of carbonyl (C=O) groups excluding carboxylic acids is 2. The second-order valence-electron chi connectivity index (χ2n) is 3.27. The molecule has 7 heteroatoms. The Bertz CT molecular complexity index is 452. The topological polar surface area (TPSA) is 67.4 Å². The van der Waals surface area contributed by atoms with Crippen LogP contribution in [0.4, 0.5) is 8.78 Å². The summed E-state index contributed by atoms with van der Waals surface area (Å²) >= 11 is 0. The van der Waals surface area contributed by atoms with Crippen molar-refractivity contribution in [3.63, 3.8) is 0 Å². The van der Waals surface area contributed by atoms with Gasteiger partial charge in [-0.25, -0.2) is 14.3 Å². The summed E-state index contributed by atoms with van der Waals surface area (Å²) in [6.45, 7) is 1.65. The predicted octanol–water partition coefficient (Wildman–Crippen LogP) is 0.762. The van der Waals surface area contributed by atoms with E-state index in [1.165, 1.54) is 0 Å². The molecule has 0 spiro atoms. The highest BCUT2D eigenvalue weighted by atomic mass is 19.2. The van der Waals surface area contributed by atoms with E-state index in [-0.39, 0.29) is 12.1 Å². The number of rotatable bonds is 5. The molecule has 0 fully saturated rings. The number of hydrogen-bond acceptors (Lipinski definition) is 3. The zero-order valence-corrected chi connectivity index (χ0v) is 9.63. The lowest BCUT2D eigenvalue weighted by molar-refractivity contribution is -0.132. The molecule has 98 valence electrons. The fourth-order valence-electron chi connectivity index (χ4n) is 1.09. The van der Waals surface area contributed by atoms with Crippen LogP contribution in [-0.4, -0.2) is 25.0 Å². The summed E-state index contributed by atoms with van der Waals surface area (Å²) in [6.07, 6.45) is 0. The minimum Gasteiger partial charge on any atom is -0.343 e. The summed E-state index contributed by atoms with van der Waals surface area (Å²) in [5.74, 6) is -3.39. The van der Waals surface area contributed by atoms with Gasteiger partial charge in [-0.05, 0) is 25.1 Å². The van der Waals surface area contributed by atoms with Crippen LogP contribution in [-0.2, 0) is 9.63 Å². The molecule has 0 radical (unpaired) electrons. The summed E-state index contributed by atoms with van der Waals surface area (Å²) in [5.41, 5.74) is 2.00.